The molecule has 0 aliphatic rings. The summed E-state index contributed by atoms with van der Waals surface area (Å²) in [7, 11) is 0. The van der Waals surface area contributed by atoms with Crippen LogP contribution in [0.25, 0.3) is 0 Å². The number of hydrazine groups is 2. The van der Waals surface area contributed by atoms with Crippen molar-refractivity contribution in [2.24, 2.45) is 5.84 Å². The van der Waals surface area contributed by atoms with Crippen LogP contribution in [0.5, 0.6) is 0 Å². The fourth-order valence-electron chi connectivity index (χ4n) is 0.688. The molecule has 0 saturated carbocycles. The number of para-hydroxylation sites is 1. The Morgan fingerprint density at radius 1 is 1.36 bits per heavy atom. The lowest BCUT2D eigenvalue weighted by atomic mass is 10.3. The Labute approximate surface area is 70.7 Å². The van der Waals surface area contributed by atoms with E-state index in [0.29, 0.717) is 0 Å². The molecule has 0 radical (unpaired) electrons. The first-order chi connectivity index (χ1) is 5.33. The molecule has 0 heterocycles. The highest BCUT2D eigenvalue weighted by Crippen LogP contribution is 2.03. The fourth-order valence-corrected chi connectivity index (χ4v) is 0.741. The number of hydrogen-bond donors (Lipinski definition) is 2. The number of nitrogens with two attached hydrogens (primary N) is 1. The molecule has 1 aromatic rings. The van der Waals surface area contributed by atoms with Crippen molar-refractivity contribution < 1.29 is 0 Å². The molecule has 3 N–H and O–H groups in total. The van der Waals surface area contributed by atoms with Gasteiger partial charge in [0, 0.05) is 0 Å². The van der Waals surface area contributed by atoms with E-state index in [0.717, 1.165) is 5.69 Å². The highest BCUT2D eigenvalue weighted by atomic mass is 32.1. The van der Waals surface area contributed by atoms with Gasteiger partial charge in [0.25, 0.3) is 0 Å². The van der Waals surface area contributed by atoms with Crippen LogP contribution in [-0.4, -0.2) is 10.6 Å². The van der Waals surface area contributed by atoms with Crippen molar-refractivity contribution >= 4 is 23.4 Å². The largest absolute Gasteiger partial charge is 0.284 e. The lowest BCUT2D eigenvalue weighted by molar-refractivity contribution is 0.553. The molecule has 11 heavy (non-hydrogen) atoms. The van der Waals surface area contributed by atoms with Gasteiger partial charge in [-0.15, -0.1) is 0 Å². The number of rotatable bonds is 3. The summed E-state index contributed by atoms with van der Waals surface area (Å²) in [4.78, 5) is 0. The van der Waals surface area contributed by atoms with Gasteiger partial charge in [-0.2, -0.15) is 0 Å². The quantitative estimate of drug-likeness (QED) is 0.402. The monoisotopic (exact) mass is 167 g/mol. The zero-order valence-corrected chi connectivity index (χ0v) is 6.71. The Balaban J connectivity index is 2.57. The van der Waals surface area contributed by atoms with E-state index in [4.69, 9.17) is 5.84 Å². The second-order valence-electron chi connectivity index (χ2n) is 1.99. The van der Waals surface area contributed by atoms with E-state index in [9.17, 15) is 0 Å². The Morgan fingerprint density at radius 3 is 2.55 bits per heavy atom. The Kier molecular flexibility index (Phi) is 2.83. The van der Waals surface area contributed by atoms with Gasteiger partial charge >= 0.3 is 0 Å². The van der Waals surface area contributed by atoms with Gasteiger partial charge in [-0.1, -0.05) is 30.4 Å². The van der Waals surface area contributed by atoms with E-state index in [2.05, 4.69) is 17.6 Å². The lowest BCUT2D eigenvalue weighted by Gasteiger charge is -2.13. The van der Waals surface area contributed by atoms with Gasteiger partial charge in [0.15, 0.2) is 0 Å². The van der Waals surface area contributed by atoms with Gasteiger partial charge in [-0.05, 0) is 12.1 Å². The molecule has 0 atom stereocenters. The Morgan fingerprint density at radius 2 is 2.00 bits per heavy atom. The molecular weight excluding hydrogens is 158 g/mol. The molecule has 0 fully saturated rings. The maximum atomic E-state index is 5.37. The standard InChI is InChI=1S/C7H9N3S/c8-10(6-11)9-7-4-2-1-3-5-7/h1-6,9H,8H2. The molecule has 0 bridgehead atoms. The number of nitrogens with zero attached hydrogens (tertiary/aromatic N) is 1. The smallest absolute Gasteiger partial charge is 0.102 e. The third kappa shape index (κ3) is 2.53. The zero-order chi connectivity index (χ0) is 8.10. The normalized spacial score (nSPS) is 8.82. The van der Waals surface area contributed by atoms with E-state index in [1.54, 1.807) is 0 Å². The lowest BCUT2D eigenvalue weighted by Crippen LogP contribution is -2.34. The molecule has 0 aromatic heterocycles. The van der Waals surface area contributed by atoms with E-state index in [-0.39, 0.29) is 0 Å². The topological polar surface area (TPSA) is 41.3 Å². The molecule has 0 spiro atoms. The van der Waals surface area contributed by atoms with Gasteiger partial charge in [0.1, 0.15) is 5.49 Å². The highest BCUT2D eigenvalue weighted by molar-refractivity contribution is 7.78. The van der Waals surface area contributed by atoms with E-state index < -0.39 is 0 Å². The van der Waals surface area contributed by atoms with Crippen molar-refractivity contribution in [3.8, 4) is 0 Å². The number of hydrogen-bond acceptors (Lipinski definition) is 3. The minimum Gasteiger partial charge on any atom is -0.284 e. The van der Waals surface area contributed by atoms with Crippen LogP contribution in [0.4, 0.5) is 5.69 Å². The van der Waals surface area contributed by atoms with Crippen LogP contribution in [-0.2, 0) is 0 Å². The fraction of sp³-hybridized carbons (Fsp3) is 0. The molecule has 0 amide bonds. The van der Waals surface area contributed by atoms with E-state index in [1.807, 2.05) is 30.3 Å². The number of thiocarbonyl (C=S) groups is 1. The van der Waals surface area contributed by atoms with Gasteiger partial charge in [0.2, 0.25) is 0 Å². The second-order valence-corrected chi connectivity index (χ2v) is 2.20. The SMILES string of the molecule is NN(C=S)Nc1ccccc1. The third-order valence-electron chi connectivity index (χ3n) is 1.15. The van der Waals surface area contributed by atoms with Crippen molar-refractivity contribution in [1.82, 2.24) is 5.12 Å². The molecule has 3 nitrogen and oxygen atoms in total. The van der Waals surface area contributed by atoms with Crippen LogP contribution in [0.1, 0.15) is 0 Å². The van der Waals surface area contributed by atoms with Crippen molar-refractivity contribution in [3.63, 3.8) is 0 Å². The molecule has 0 saturated heterocycles. The summed E-state index contributed by atoms with van der Waals surface area (Å²) in [6.45, 7) is 0. The average Bonchev–Trinajstić information content (AvgIpc) is 2.06. The van der Waals surface area contributed by atoms with Crippen LogP contribution in [0.2, 0.25) is 0 Å². The maximum absolute atomic E-state index is 5.37. The van der Waals surface area contributed by atoms with Crippen molar-refractivity contribution in [2.45, 2.75) is 0 Å². The van der Waals surface area contributed by atoms with Crippen molar-refractivity contribution in [2.75, 3.05) is 5.43 Å². The maximum Gasteiger partial charge on any atom is 0.102 e. The molecule has 0 aliphatic heterocycles. The molecule has 0 unspecified atom stereocenters. The summed E-state index contributed by atoms with van der Waals surface area (Å²) in [5.41, 5.74) is 5.08. The van der Waals surface area contributed by atoms with Crippen LogP contribution in [0.15, 0.2) is 30.3 Å². The summed E-state index contributed by atoms with van der Waals surface area (Å²) in [6, 6.07) is 9.57. The van der Waals surface area contributed by atoms with Crippen LogP contribution in [0.3, 0.4) is 0 Å². The van der Waals surface area contributed by atoms with Gasteiger partial charge in [-0.3, -0.25) is 5.43 Å². The molecule has 58 valence electrons. The Hall–Kier alpha value is -1.13. The highest BCUT2D eigenvalue weighted by Gasteiger charge is 1.89. The van der Waals surface area contributed by atoms with Gasteiger partial charge in [0.05, 0.1) is 5.69 Å². The zero-order valence-electron chi connectivity index (χ0n) is 5.90. The van der Waals surface area contributed by atoms with Gasteiger partial charge in [-0.25, -0.2) is 11.0 Å². The predicted molar refractivity (Wildman–Crippen MR) is 49.7 cm³/mol. The van der Waals surface area contributed by atoms with Crippen LogP contribution >= 0.6 is 12.2 Å². The number of nitrogens with one attached hydrogen (secondary N) is 1. The van der Waals surface area contributed by atoms with Gasteiger partial charge < -0.3 is 0 Å². The first-order valence-corrected chi connectivity index (χ1v) is 3.61. The summed E-state index contributed by atoms with van der Waals surface area (Å²) in [6.07, 6.45) is 0. The number of anilines is 1. The number of benzene rings is 1. The van der Waals surface area contributed by atoms with Crippen LogP contribution < -0.4 is 11.3 Å². The summed E-state index contributed by atoms with van der Waals surface area (Å²) in [5, 5.41) is 1.23. The van der Waals surface area contributed by atoms with Crippen molar-refractivity contribution in [3.05, 3.63) is 30.3 Å². The molecular formula is C7H9N3S. The van der Waals surface area contributed by atoms with Crippen LogP contribution in [0, 0.1) is 0 Å². The summed E-state index contributed by atoms with van der Waals surface area (Å²) in [5.74, 6) is 5.37. The van der Waals surface area contributed by atoms with E-state index in [1.165, 1.54) is 10.6 Å². The summed E-state index contributed by atoms with van der Waals surface area (Å²) < 4.78 is 0. The Bertz CT molecular complexity index is 224. The minimum absolute atomic E-state index is 0.913. The van der Waals surface area contributed by atoms with Crippen molar-refractivity contribution in [1.29, 1.82) is 0 Å². The average molecular weight is 167 g/mol. The molecule has 0 aliphatic carbocycles. The molecule has 1 rings (SSSR count). The third-order valence-corrected chi connectivity index (χ3v) is 1.37. The second kappa shape index (κ2) is 3.90. The van der Waals surface area contributed by atoms with E-state index >= 15 is 0 Å². The minimum atomic E-state index is 0.913. The predicted octanol–water partition coefficient (Wildman–Crippen LogP) is 1.15. The first kappa shape index (κ1) is 7.97. The molecule has 1 aromatic carbocycles. The first-order valence-electron chi connectivity index (χ1n) is 3.14. The summed E-state index contributed by atoms with van der Waals surface area (Å²) >= 11 is 4.59. The molecule has 4 heteroatoms.